The van der Waals surface area contributed by atoms with Crippen molar-refractivity contribution in [2.24, 2.45) is 34.5 Å². The summed E-state index contributed by atoms with van der Waals surface area (Å²) in [6, 6.07) is 0. The first-order valence-corrected chi connectivity index (χ1v) is 10.4. The minimum absolute atomic E-state index is 0.0943. The second kappa shape index (κ2) is 6.21. The van der Waals surface area contributed by atoms with Crippen molar-refractivity contribution in [3.63, 3.8) is 0 Å². The molecule has 152 valence electrons. The van der Waals surface area contributed by atoms with E-state index in [9.17, 15) is 22.8 Å². The van der Waals surface area contributed by atoms with Crippen molar-refractivity contribution < 1.29 is 27.5 Å². The van der Waals surface area contributed by atoms with Gasteiger partial charge < -0.3 is 4.74 Å². The molecule has 0 aromatic heterocycles. The van der Waals surface area contributed by atoms with Gasteiger partial charge >= 0.3 is 12.1 Å². The van der Waals surface area contributed by atoms with Crippen LogP contribution in [0.15, 0.2) is 0 Å². The van der Waals surface area contributed by atoms with Crippen molar-refractivity contribution >= 4 is 11.8 Å². The van der Waals surface area contributed by atoms with Gasteiger partial charge in [-0.25, -0.2) is 4.79 Å². The topological polar surface area (TPSA) is 43.4 Å². The monoisotopic (exact) mass is 386 g/mol. The van der Waals surface area contributed by atoms with Crippen LogP contribution >= 0.6 is 0 Å². The summed E-state index contributed by atoms with van der Waals surface area (Å²) in [6.07, 6.45) is 2.07. The Hall–Kier alpha value is -1.07. The van der Waals surface area contributed by atoms with Crippen molar-refractivity contribution in [1.82, 2.24) is 0 Å². The van der Waals surface area contributed by atoms with Crippen LogP contribution in [0.4, 0.5) is 13.2 Å². The first kappa shape index (κ1) is 19.3. The maximum atomic E-state index is 12.5. The molecular weight excluding hydrogens is 357 g/mol. The lowest BCUT2D eigenvalue weighted by atomic mass is 9.45. The Labute approximate surface area is 158 Å². The van der Waals surface area contributed by atoms with E-state index in [2.05, 4.69) is 13.8 Å². The minimum atomic E-state index is -4.92. The van der Waals surface area contributed by atoms with Gasteiger partial charge in [0.1, 0.15) is 11.9 Å². The lowest BCUT2D eigenvalue weighted by Crippen LogP contribution is -2.54. The summed E-state index contributed by atoms with van der Waals surface area (Å²) in [5.41, 5.74) is -0.0547. The van der Waals surface area contributed by atoms with Crippen molar-refractivity contribution in [2.45, 2.75) is 83.9 Å². The number of hydrogen-bond donors (Lipinski definition) is 0. The van der Waals surface area contributed by atoms with Gasteiger partial charge in [0.15, 0.2) is 0 Å². The zero-order chi connectivity index (χ0) is 19.6. The fraction of sp³-hybridized carbons (Fsp3) is 0.905. The average molecular weight is 386 g/mol. The standard InChI is InChI=1S/C21H29F3O3/c1-19-9-7-13(27-18(26)21(22,23)24)11-12(19)3-4-14-15-5-6-17(25)20(15,2)10-8-16(14)19/h12-16H,3-11H2,1-2H3/t12?,13?,14-,15-,16-,19-,20-/m0/s1. The predicted octanol–water partition coefficient (Wildman–Crippen LogP) is 5.07. The molecule has 3 nitrogen and oxygen atoms in total. The third-order valence-corrected chi connectivity index (χ3v) is 8.83. The number of ketones is 1. The molecule has 4 aliphatic carbocycles. The lowest BCUT2D eigenvalue weighted by Gasteiger charge is -2.60. The zero-order valence-electron chi connectivity index (χ0n) is 16.1. The second-order valence-electron chi connectivity index (χ2n) is 9.87. The van der Waals surface area contributed by atoms with E-state index in [4.69, 9.17) is 4.74 Å². The number of carbonyl (C=O) groups excluding carboxylic acids is 2. The molecule has 0 aromatic carbocycles. The molecule has 4 rings (SSSR count). The number of alkyl halides is 3. The Morgan fingerprint density at radius 1 is 1.04 bits per heavy atom. The highest BCUT2D eigenvalue weighted by Gasteiger charge is 2.60. The first-order valence-electron chi connectivity index (χ1n) is 10.4. The van der Waals surface area contributed by atoms with Crippen LogP contribution in [0, 0.1) is 34.5 Å². The number of fused-ring (bicyclic) bond motifs is 5. The molecule has 4 fully saturated rings. The van der Waals surface area contributed by atoms with Gasteiger partial charge in [-0.15, -0.1) is 0 Å². The molecule has 2 unspecified atom stereocenters. The number of ether oxygens (including phenoxy) is 1. The largest absolute Gasteiger partial charge is 0.490 e. The third kappa shape index (κ3) is 2.93. The Balaban J connectivity index is 1.48. The van der Waals surface area contributed by atoms with Gasteiger partial charge in [-0.05, 0) is 80.5 Å². The maximum absolute atomic E-state index is 12.5. The smallest absolute Gasteiger partial charge is 0.456 e. The highest BCUT2D eigenvalue weighted by molar-refractivity contribution is 5.87. The van der Waals surface area contributed by atoms with E-state index in [-0.39, 0.29) is 10.8 Å². The molecule has 4 saturated carbocycles. The average Bonchev–Trinajstić information content (AvgIpc) is 2.89. The summed E-state index contributed by atoms with van der Waals surface area (Å²) < 4.78 is 42.3. The molecule has 0 amide bonds. The van der Waals surface area contributed by atoms with Crippen LogP contribution in [-0.2, 0) is 14.3 Å². The molecule has 0 saturated heterocycles. The summed E-state index contributed by atoms with van der Waals surface area (Å²) in [5, 5.41) is 0. The van der Waals surface area contributed by atoms with Gasteiger partial charge in [-0.1, -0.05) is 13.8 Å². The quantitative estimate of drug-likeness (QED) is 0.591. The van der Waals surface area contributed by atoms with E-state index in [0.717, 1.165) is 38.5 Å². The van der Waals surface area contributed by atoms with Crippen molar-refractivity contribution in [3.05, 3.63) is 0 Å². The van der Waals surface area contributed by atoms with E-state index in [1.807, 2.05) is 0 Å². The number of carbonyl (C=O) groups is 2. The van der Waals surface area contributed by atoms with Crippen LogP contribution in [0.5, 0.6) is 0 Å². The highest BCUT2D eigenvalue weighted by atomic mass is 19.4. The van der Waals surface area contributed by atoms with Crippen LogP contribution in [-0.4, -0.2) is 24.0 Å². The van der Waals surface area contributed by atoms with Gasteiger partial charge in [0.25, 0.3) is 0 Å². The van der Waals surface area contributed by atoms with Crippen LogP contribution in [0.1, 0.15) is 71.6 Å². The van der Waals surface area contributed by atoms with E-state index >= 15 is 0 Å². The summed E-state index contributed by atoms with van der Waals surface area (Å²) in [6.45, 7) is 4.46. The number of halogens is 3. The van der Waals surface area contributed by atoms with E-state index < -0.39 is 18.2 Å². The fourth-order valence-corrected chi connectivity index (χ4v) is 7.31. The second-order valence-corrected chi connectivity index (χ2v) is 9.87. The van der Waals surface area contributed by atoms with Gasteiger partial charge in [0, 0.05) is 11.8 Å². The van der Waals surface area contributed by atoms with E-state index in [1.54, 1.807) is 0 Å². The van der Waals surface area contributed by atoms with Crippen molar-refractivity contribution in [3.8, 4) is 0 Å². The highest BCUT2D eigenvalue weighted by Crippen LogP contribution is 2.65. The molecule has 0 aliphatic heterocycles. The van der Waals surface area contributed by atoms with E-state index in [1.165, 1.54) is 0 Å². The van der Waals surface area contributed by atoms with Gasteiger partial charge in [0.05, 0.1) is 0 Å². The summed E-state index contributed by atoms with van der Waals surface area (Å²) in [5.74, 6) is 0.260. The van der Waals surface area contributed by atoms with Crippen LogP contribution in [0.25, 0.3) is 0 Å². The maximum Gasteiger partial charge on any atom is 0.490 e. The first-order chi connectivity index (χ1) is 12.6. The summed E-state index contributed by atoms with van der Waals surface area (Å²) in [4.78, 5) is 23.7. The molecule has 0 radical (unpaired) electrons. The molecule has 0 bridgehead atoms. The van der Waals surface area contributed by atoms with Gasteiger partial charge in [-0.3, -0.25) is 4.79 Å². The lowest BCUT2D eigenvalue weighted by molar-refractivity contribution is -0.210. The Bertz CT molecular complexity index is 645. The SMILES string of the molecule is C[C@]12CCC(OC(=O)C(F)(F)F)CC1CC[C@@H]1[C@@H]2CC[C@]2(C)C(=O)CC[C@@H]12. The molecule has 7 atom stereocenters. The molecule has 0 N–H and O–H groups in total. The Kier molecular flexibility index (Phi) is 4.43. The molecule has 0 heterocycles. The number of Topliss-reactive ketones (excluding diaryl/α,β-unsaturated/α-hetero) is 1. The number of rotatable bonds is 1. The van der Waals surface area contributed by atoms with Gasteiger partial charge in [-0.2, -0.15) is 13.2 Å². The summed E-state index contributed by atoms with van der Waals surface area (Å²) >= 11 is 0. The van der Waals surface area contributed by atoms with Crippen molar-refractivity contribution in [1.29, 1.82) is 0 Å². The van der Waals surface area contributed by atoms with E-state index in [0.29, 0.717) is 48.7 Å². The predicted molar refractivity (Wildman–Crippen MR) is 92.7 cm³/mol. The number of hydrogen-bond acceptors (Lipinski definition) is 3. The fourth-order valence-electron chi connectivity index (χ4n) is 7.31. The Morgan fingerprint density at radius 2 is 1.78 bits per heavy atom. The molecule has 27 heavy (non-hydrogen) atoms. The van der Waals surface area contributed by atoms with Crippen LogP contribution in [0.3, 0.4) is 0 Å². The van der Waals surface area contributed by atoms with Gasteiger partial charge in [0.2, 0.25) is 0 Å². The number of esters is 1. The summed E-state index contributed by atoms with van der Waals surface area (Å²) in [7, 11) is 0. The minimum Gasteiger partial charge on any atom is -0.456 e. The molecule has 6 heteroatoms. The molecule has 0 aromatic rings. The molecule has 0 spiro atoms. The zero-order valence-corrected chi connectivity index (χ0v) is 16.1. The van der Waals surface area contributed by atoms with Crippen LogP contribution in [0.2, 0.25) is 0 Å². The van der Waals surface area contributed by atoms with Crippen LogP contribution < -0.4 is 0 Å². The normalized spacial score (nSPS) is 47.0. The Morgan fingerprint density at radius 3 is 2.48 bits per heavy atom. The molecule has 4 aliphatic rings. The molecular formula is C21H29F3O3. The van der Waals surface area contributed by atoms with Crippen molar-refractivity contribution in [2.75, 3.05) is 0 Å². The third-order valence-electron chi connectivity index (χ3n) is 8.83.